The van der Waals surface area contributed by atoms with Gasteiger partial charge >= 0.3 is 0 Å². The topological polar surface area (TPSA) is 35.2 Å². The minimum absolute atomic E-state index is 0.804. The largest absolute Gasteiger partial charge is 0.457 e. The first kappa shape index (κ1) is 12.1. The maximum Gasteiger partial charge on any atom is 0.127 e. The van der Waals surface area contributed by atoms with Gasteiger partial charge in [0.15, 0.2) is 0 Å². The van der Waals surface area contributed by atoms with Gasteiger partial charge in [-0.15, -0.1) is 0 Å². The summed E-state index contributed by atoms with van der Waals surface area (Å²) in [6.45, 7) is 2.00. The van der Waals surface area contributed by atoms with Gasteiger partial charge in [-0.25, -0.2) is 0 Å². The number of anilines is 1. The second-order valence-electron chi connectivity index (χ2n) is 5.26. The molecule has 98 valence electrons. The zero-order valence-corrected chi connectivity index (χ0v) is 11.3. The van der Waals surface area contributed by atoms with Gasteiger partial charge in [-0.1, -0.05) is 6.07 Å². The van der Waals surface area contributed by atoms with Crippen molar-refractivity contribution in [3.05, 3.63) is 53.1 Å². The Morgan fingerprint density at radius 1 is 0.895 bits per heavy atom. The highest BCUT2D eigenvalue weighted by atomic mass is 16.5. The Bertz CT molecular complexity index is 604. The summed E-state index contributed by atoms with van der Waals surface area (Å²) in [4.78, 5) is 0. The van der Waals surface area contributed by atoms with Gasteiger partial charge in [0.05, 0.1) is 0 Å². The summed E-state index contributed by atoms with van der Waals surface area (Å²) in [6, 6.07) is 12.2. The molecule has 1 aliphatic carbocycles. The molecule has 0 saturated heterocycles. The number of nitrogens with two attached hydrogens (primary N) is 1. The molecular weight excluding hydrogens is 234 g/mol. The standard InChI is InChI=1S/C17H19NO/c1-12-10-15(8-9-17(12)18)19-16-7-6-13-4-2-3-5-14(13)11-16/h6-11H,2-5,18H2,1H3. The molecule has 0 atom stereocenters. The van der Waals surface area contributed by atoms with Crippen LogP contribution in [-0.2, 0) is 12.8 Å². The van der Waals surface area contributed by atoms with Crippen molar-refractivity contribution in [1.29, 1.82) is 0 Å². The summed E-state index contributed by atoms with van der Waals surface area (Å²) in [5, 5.41) is 0. The van der Waals surface area contributed by atoms with Crippen LogP contribution in [0.1, 0.15) is 29.5 Å². The van der Waals surface area contributed by atoms with Gasteiger partial charge in [-0.3, -0.25) is 0 Å². The van der Waals surface area contributed by atoms with Gasteiger partial charge in [0.1, 0.15) is 11.5 Å². The molecule has 1 aliphatic rings. The lowest BCUT2D eigenvalue weighted by atomic mass is 9.92. The molecule has 3 rings (SSSR count). The average molecular weight is 253 g/mol. The van der Waals surface area contributed by atoms with E-state index in [1.54, 1.807) is 0 Å². The van der Waals surface area contributed by atoms with Crippen LogP contribution in [0.25, 0.3) is 0 Å². The Kier molecular flexibility index (Phi) is 3.16. The first-order valence-corrected chi connectivity index (χ1v) is 6.88. The second-order valence-corrected chi connectivity index (χ2v) is 5.26. The molecule has 2 heteroatoms. The number of ether oxygens (including phenoxy) is 1. The molecule has 0 radical (unpaired) electrons. The van der Waals surface area contributed by atoms with Crippen molar-refractivity contribution < 1.29 is 4.74 Å². The van der Waals surface area contributed by atoms with Crippen LogP contribution < -0.4 is 10.5 Å². The van der Waals surface area contributed by atoms with Crippen LogP contribution in [0, 0.1) is 6.92 Å². The van der Waals surface area contributed by atoms with Crippen LogP contribution in [0.4, 0.5) is 5.69 Å². The van der Waals surface area contributed by atoms with E-state index in [-0.39, 0.29) is 0 Å². The van der Waals surface area contributed by atoms with Crippen LogP contribution in [0.15, 0.2) is 36.4 Å². The zero-order valence-electron chi connectivity index (χ0n) is 11.3. The second kappa shape index (κ2) is 4.96. The molecule has 0 aromatic heterocycles. The monoisotopic (exact) mass is 253 g/mol. The number of rotatable bonds is 2. The van der Waals surface area contributed by atoms with Crippen molar-refractivity contribution in [2.24, 2.45) is 0 Å². The Morgan fingerprint density at radius 3 is 2.37 bits per heavy atom. The predicted octanol–water partition coefficient (Wildman–Crippen LogP) is 4.25. The third-order valence-corrected chi connectivity index (χ3v) is 3.80. The van der Waals surface area contributed by atoms with Crippen molar-refractivity contribution in [1.82, 2.24) is 0 Å². The highest BCUT2D eigenvalue weighted by Crippen LogP contribution is 2.29. The van der Waals surface area contributed by atoms with E-state index in [1.165, 1.54) is 36.8 Å². The summed E-state index contributed by atoms with van der Waals surface area (Å²) in [5.74, 6) is 1.77. The summed E-state index contributed by atoms with van der Waals surface area (Å²) >= 11 is 0. The predicted molar refractivity (Wildman–Crippen MR) is 78.7 cm³/mol. The average Bonchev–Trinajstić information content (AvgIpc) is 2.43. The minimum atomic E-state index is 0.804. The van der Waals surface area contributed by atoms with Gasteiger partial charge in [0.25, 0.3) is 0 Å². The molecule has 19 heavy (non-hydrogen) atoms. The van der Waals surface area contributed by atoms with Crippen LogP contribution in [0.5, 0.6) is 11.5 Å². The highest BCUT2D eigenvalue weighted by Gasteiger charge is 2.10. The van der Waals surface area contributed by atoms with Gasteiger partial charge in [-0.05, 0) is 79.6 Å². The van der Waals surface area contributed by atoms with Gasteiger partial charge in [0, 0.05) is 5.69 Å². The smallest absolute Gasteiger partial charge is 0.127 e. The molecule has 2 nitrogen and oxygen atoms in total. The zero-order chi connectivity index (χ0) is 13.2. The molecule has 0 unspecified atom stereocenters. The molecule has 2 N–H and O–H groups in total. The Labute approximate surface area is 114 Å². The van der Waals surface area contributed by atoms with E-state index in [0.717, 1.165) is 22.7 Å². The number of benzene rings is 2. The lowest BCUT2D eigenvalue weighted by Crippen LogP contribution is -2.02. The summed E-state index contributed by atoms with van der Waals surface area (Å²) in [6.07, 6.45) is 4.98. The van der Waals surface area contributed by atoms with Crippen LogP contribution in [0.3, 0.4) is 0 Å². The van der Waals surface area contributed by atoms with Crippen LogP contribution in [-0.4, -0.2) is 0 Å². The van der Waals surface area contributed by atoms with Gasteiger partial charge < -0.3 is 10.5 Å². The SMILES string of the molecule is Cc1cc(Oc2ccc3c(c2)CCCC3)ccc1N. The normalized spacial score (nSPS) is 13.9. The van der Waals surface area contributed by atoms with E-state index in [1.807, 2.05) is 25.1 Å². The number of fused-ring (bicyclic) bond motifs is 1. The maximum atomic E-state index is 5.92. The van der Waals surface area contributed by atoms with Crippen molar-refractivity contribution >= 4 is 5.69 Å². The molecule has 0 bridgehead atoms. The van der Waals surface area contributed by atoms with E-state index < -0.39 is 0 Å². The van der Waals surface area contributed by atoms with Crippen molar-refractivity contribution in [3.8, 4) is 11.5 Å². The molecule has 0 heterocycles. The first-order valence-electron chi connectivity index (χ1n) is 6.88. The van der Waals surface area contributed by atoms with E-state index in [2.05, 4.69) is 18.2 Å². The van der Waals surface area contributed by atoms with Crippen LogP contribution in [0.2, 0.25) is 0 Å². The van der Waals surface area contributed by atoms with Gasteiger partial charge in [0.2, 0.25) is 0 Å². The summed E-state index contributed by atoms with van der Waals surface area (Å²) < 4.78 is 5.92. The van der Waals surface area contributed by atoms with E-state index in [0.29, 0.717) is 0 Å². The lowest BCUT2D eigenvalue weighted by Gasteiger charge is -2.17. The molecule has 2 aromatic carbocycles. The quantitative estimate of drug-likeness (QED) is 0.812. The number of aryl methyl sites for hydroxylation is 3. The third-order valence-electron chi connectivity index (χ3n) is 3.80. The summed E-state index contributed by atoms with van der Waals surface area (Å²) in [7, 11) is 0. The lowest BCUT2D eigenvalue weighted by molar-refractivity contribution is 0.480. The number of hydrogen-bond donors (Lipinski definition) is 1. The van der Waals surface area contributed by atoms with E-state index in [9.17, 15) is 0 Å². The third kappa shape index (κ3) is 2.58. The maximum absolute atomic E-state index is 5.92. The highest BCUT2D eigenvalue weighted by molar-refractivity contribution is 5.50. The van der Waals surface area contributed by atoms with Crippen molar-refractivity contribution in [2.45, 2.75) is 32.6 Å². The first-order chi connectivity index (χ1) is 9.22. The molecule has 0 amide bonds. The Morgan fingerprint density at radius 2 is 1.58 bits per heavy atom. The molecular formula is C17H19NO. The van der Waals surface area contributed by atoms with Crippen molar-refractivity contribution in [3.63, 3.8) is 0 Å². The fourth-order valence-electron chi connectivity index (χ4n) is 2.62. The van der Waals surface area contributed by atoms with E-state index in [4.69, 9.17) is 10.5 Å². The fourth-order valence-corrected chi connectivity index (χ4v) is 2.62. The van der Waals surface area contributed by atoms with Crippen LogP contribution >= 0.6 is 0 Å². The molecule has 0 fully saturated rings. The minimum Gasteiger partial charge on any atom is -0.457 e. The fraction of sp³-hybridized carbons (Fsp3) is 0.294. The van der Waals surface area contributed by atoms with Crippen molar-refractivity contribution in [2.75, 3.05) is 5.73 Å². The van der Waals surface area contributed by atoms with Gasteiger partial charge in [-0.2, -0.15) is 0 Å². The molecule has 0 aliphatic heterocycles. The molecule has 0 spiro atoms. The number of hydrogen-bond acceptors (Lipinski definition) is 2. The molecule has 0 saturated carbocycles. The Balaban J connectivity index is 1.84. The number of nitrogen functional groups attached to an aromatic ring is 1. The molecule has 2 aromatic rings. The summed E-state index contributed by atoms with van der Waals surface area (Å²) in [5.41, 5.74) is 10.6. The van der Waals surface area contributed by atoms with E-state index >= 15 is 0 Å². The Hall–Kier alpha value is -1.96.